The van der Waals surface area contributed by atoms with Gasteiger partial charge in [0, 0.05) is 12.0 Å². The molecule has 0 atom stereocenters. The van der Waals surface area contributed by atoms with Crippen LogP contribution in [0.4, 0.5) is 10.1 Å². The van der Waals surface area contributed by atoms with Gasteiger partial charge in [-0.15, -0.1) is 0 Å². The molecule has 1 amide bonds. The third-order valence-electron chi connectivity index (χ3n) is 3.81. The number of hydrogen-bond acceptors (Lipinski definition) is 2. The summed E-state index contributed by atoms with van der Waals surface area (Å²) in [5.41, 5.74) is 1.76. The van der Waals surface area contributed by atoms with E-state index in [1.54, 1.807) is 30.3 Å². The molecule has 3 rings (SSSR count). The number of amides is 1. The molecule has 0 saturated carbocycles. The molecule has 0 bridgehead atoms. The highest BCUT2D eigenvalue weighted by Crippen LogP contribution is 2.27. The summed E-state index contributed by atoms with van der Waals surface area (Å²) < 4.78 is 20.1. The predicted molar refractivity (Wildman–Crippen MR) is 104 cm³/mol. The van der Waals surface area contributed by atoms with Gasteiger partial charge in [-0.05, 0) is 51.8 Å². The fourth-order valence-electron chi connectivity index (χ4n) is 2.44. The Labute approximate surface area is 159 Å². The van der Waals surface area contributed by atoms with Gasteiger partial charge in [0.1, 0.15) is 11.6 Å². The summed E-state index contributed by atoms with van der Waals surface area (Å²) in [6, 6.07) is 21.2. The van der Waals surface area contributed by atoms with Gasteiger partial charge in [0.05, 0.1) is 16.8 Å². The average molecular weight is 414 g/mol. The van der Waals surface area contributed by atoms with Crippen molar-refractivity contribution in [2.24, 2.45) is 0 Å². The summed E-state index contributed by atoms with van der Waals surface area (Å²) in [6.45, 7) is 0.531. The summed E-state index contributed by atoms with van der Waals surface area (Å²) in [5.74, 6) is -0.198. The van der Waals surface area contributed by atoms with E-state index in [4.69, 9.17) is 4.74 Å². The fraction of sp³-hybridized carbons (Fsp3) is 0.0952. The Morgan fingerprint density at radius 1 is 1.00 bits per heavy atom. The van der Waals surface area contributed by atoms with Crippen LogP contribution in [0.1, 0.15) is 15.9 Å². The monoisotopic (exact) mass is 413 g/mol. The minimum atomic E-state index is -0.471. The molecule has 0 heterocycles. The van der Waals surface area contributed by atoms with E-state index < -0.39 is 5.82 Å². The molecule has 3 aromatic rings. The molecule has 1 N–H and O–H groups in total. The largest absolute Gasteiger partial charge is 0.492 e. The smallest absolute Gasteiger partial charge is 0.255 e. The molecular formula is C21H17BrFNO2. The van der Waals surface area contributed by atoms with Gasteiger partial charge in [-0.1, -0.05) is 42.5 Å². The zero-order valence-electron chi connectivity index (χ0n) is 13.9. The second-order valence-electron chi connectivity index (χ2n) is 5.66. The lowest BCUT2D eigenvalue weighted by Crippen LogP contribution is -2.13. The first kappa shape index (κ1) is 18.1. The van der Waals surface area contributed by atoms with Crippen LogP contribution in [0.25, 0.3) is 0 Å². The molecule has 0 aliphatic heterocycles. The summed E-state index contributed by atoms with van der Waals surface area (Å²) in [4.78, 5) is 12.3. The van der Waals surface area contributed by atoms with Crippen molar-refractivity contribution >= 4 is 27.5 Å². The van der Waals surface area contributed by atoms with Gasteiger partial charge in [0.2, 0.25) is 0 Å². The SMILES string of the molecule is O=C(Nc1ccccc1F)c1ccc(OCCc2ccccc2)c(Br)c1. The zero-order chi connectivity index (χ0) is 18.4. The number of ether oxygens (including phenoxy) is 1. The van der Waals surface area contributed by atoms with Gasteiger partial charge >= 0.3 is 0 Å². The molecule has 0 unspecified atom stereocenters. The first-order valence-corrected chi connectivity index (χ1v) is 8.95. The lowest BCUT2D eigenvalue weighted by Gasteiger charge is -2.10. The van der Waals surface area contributed by atoms with Crippen LogP contribution >= 0.6 is 15.9 Å². The second-order valence-corrected chi connectivity index (χ2v) is 6.52. The second kappa shape index (κ2) is 8.63. The lowest BCUT2D eigenvalue weighted by molar-refractivity contribution is 0.102. The molecule has 0 aliphatic rings. The zero-order valence-corrected chi connectivity index (χ0v) is 15.5. The van der Waals surface area contributed by atoms with E-state index in [9.17, 15) is 9.18 Å². The van der Waals surface area contributed by atoms with Crippen molar-refractivity contribution in [3.8, 4) is 5.75 Å². The molecule has 3 nitrogen and oxygen atoms in total. The highest BCUT2D eigenvalue weighted by atomic mass is 79.9. The quantitative estimate of drug-likeness (QED) is 0.582. The number of nitrogens with one attached hydrogen (secondary N) is 1. The number of benzene rings is 3. The number of carbonyl (C=O) groups excluding carboxylic acids is 1. The van der Waals surface area contributed by atoms with Crippen molar-refractivity contribution in [2.75, 3.05) is 11.9 Å². The van der Waals surface area contributed by atoms with Gasteiger partial charge in [-0.25, -0.2) is 4.39 Å². The van der Waals surface area contributed by atoms with Crippen molar-refractivity contribution in [1.29, 1.82) is 0 Å². The van der Waals surface area contributed by atoms with Gasteiger partial charge in [0.25, 0.3) is 5.91 Å². The van der Waals surface area contributed by atoms with E-state index in [1.807, 2.05) is 18.2 Å². The summed E-state index contributed by atoms with van der Waals surface area (Å²) in [6.07, 6.45) is 0.794. The van der Waals surface area contributed by atoms with Gasteiger partial charge < -0.3 is 10.1 Å². The van der Waals surface area contributed by atoms with Crippen molar-refractivity contribution < 1.29 is 13.9 Å². The van der Waals surface area contributed by atoms with E-state index in [-0.39, 0.29) is 11.6 Å². The number of halogens is 2. The molecule has 132 valence electrons. The first-order valence-electron chi connectivity index (χ1n) is 8.15. The Hall–Kier alpha value is -2.66. The molecule has 3 aromatic carbocycles. The molecule has 0 spiro atoms. The van der Waals surface area contributed by atoms with Crippen molar-refractivity contribution in [2.45, 2.75) is 6.42 Å². The van der Waals surface area contributed by atoms with Crippen LogP contribution in [0.3, 0.4) is 0 Å². The molecular weight excluding hydrogens is 397 g/mol. The fourth-order valence-corrected chi connectivity index (χ4v) is 2.93. The highest BCUT2D eigenvalue weighted by molar-refractivity contribution is 9.10. The van der Waals surface area contributed by atoms with Crippen molar-refractivity contribution in [3.05, 3.63) is 94.2 Å². The standard InChI is InChI=1S/C21H17BrFNO2/c22-17-14-16(21(25)24-19-9-5-4-8-18(19)23)10-11-20(17)26-13-12-15-6-2-1-3-7-15/h1-11,14H,12-13H2,(H,24,25). The van der Waals surface area contributed by atoms with Crippen LogP contribution in [0.5, 0.6) is 5.75 Å². The summed E-state index contributed by atoms with van der Waals surface area (Å²) >= 11 is 3.42. The molecule has 26 heavy (non-hydrogen) atoms. The van der Waals surface area contributed by atoms with Crippen LogP contribution in [-0.4, -0.2) is 12.5 Å². The van der Waals surface area contributed by atoms with E-state index in [2.05, 4.69) is 33.4 Å². The lowest BCUT2D eigenvalue weighted by atomic mass is 10.1. The van der Waals surface area contributed by atoms with E-state index in [1.165, 1.54) is 17.7 Å². The average Bonchev–Trinajstić information content (AvgIpc) is 2.65. The van der Waals surface area contributed by atoms with Crippen LogP contribution in [0.2, 0.25) is 0 Å². The normalized spacial score (nSPS) is 10.4. The predicted octanol–water partition coefficient (Wildman–Crippen LogP) is 5.46. The summed E-state index contributed by atoms with van der Waals surface area (Å²) in [7, 11) is 0. The van der Waals surface area contributed by atoms with Gasteiger partial charge in [-0.3, -0.25) is 4.79 Å². The van der Waals surface area contributed by atoms with Crippen LogP contribution in [0.15, 0.2) is 77.3 Å². The van der Waals surface area contributed by atoms with E-state index >= 15 is 0 Å². The molecule has 0 radical (unpaired) electrons. The first-order chi connectivity index (χ1) is 12.6. The van der Waals surface area contributed by atoms with Crippen LogP contribution in [-0.2, 0) is 6.42 Å². The Morgan fingerprint density at radius 2 is 1.73 bits per heavy atom. The highest BCUT2D eigenvalue weighted by Gasteiger charge is 2.11. The minimum Gasteiger partial charge on any atom is -0.492 e. The summed E-state index contributed by atoms with van der Waals surface area (Å²) in [5, 5.41) is 2.56. The number of para-hydroxylation sites is 1. The molecule has 0 fully saturated rings. The molecule has 0 aliphatic carbocycles. The van der Waals surface area contributed by atoms with Gasteiger partial charge in [-0.2, -0.15) is 0 Å². The van der Waals surface area contributed by atoms with Gasteiger partial charge in [0.15, 0.2) is 0 Å². The number of anilines is 1. The Balaban J connectivity index is 1.61. The molecule has 0 saturated heterocycles. The Morgan fingerprint density at radius 3 is 2.46 bits per heavy atom. The van der Waals surface area contributed by atoms with E-state index in [0.717, 1.165) is 6.42 Å². The van der Waals surface area contributed by atoms with E-state index in [0.29, 0.717) is 22.4 Å². The van der Waals surface area contributed by atoms with Crippen molar-refractivity contribution in [3.63, 3.8) is 0 Å². The minimum absolute atomic E-state index is 0.150. The maximum Gasteiger partial charge on any atom is 0.255 e. The third-order valence-corrected chi connectivity index (χ3v) is 4.43. The number of carbonyl (C=O) groups is 1. The van der Waals surface area contributed by atoms with Crippen LogP contribution in [0, 0.1) is 5.82 Å². The Bertz CT molecular complexity index is 900. The molecule has 5 heteroatoms. The topological polar surface area (TPSA) is 38.3 Å². The van der Waals surface area contributed by atoms with Crippen LogP contribution < -0.4 is 10.1 Å². The maximum atomic E-state index is 13.6. The molecule has 0 aromatic heterocycles. The van der Waals surface area contributed by atoms with Crippen molar-refractivity contribution in [1.82, 2.24) is 0 Å². The maximum absolute atomic E-state index is 13.6. The third kappa shape index (κ3) is 4.70. The Kier molecular flexibility index (Phi) is 6.02. The number of rotatable bonds is 6. The number of hydrogen-bond donors (Lipinski definition) is 1.